The average Bonchev–Trinajstić information content (AvgIpc) is 3.45. The van der Waals surface area contributed by atoms with E-state index in [1.54, 1.807) is 11.3 Å². The van der Waals surface area contributed by atoms with Crippen LogP contribution in [0, 0.1) is 13.8 Å². The zero-order valence-electron chi connectivity index (χ0n) is 17.3. The summed E-state index contributed by atoms with van der Waals surface area (Å²) in [5, 5.41) is 9.56. The van der Waals surface area contributed by atoms with E-state index in [1.807, 2.05) is 53.8 Å². The summed E-state index contributed by atoms with van der Waals surface area (Å²) in [5.41, 5.74) is 2.93. The smallest absolute Gasteiger partial charge is 0.264 e. The molecule has 0 bridgehead atoms. The molecule has 0 unspecified atom stereocenters. The van der Waals surface area contributed by atoms with Gasteiger partial charge in [0.05, 0.1) is 27.0 Å². The SMILES string of the molecule is Cc1nc(CN2CCN(C(=O)c3cc4c(C)nn(-c5cccc(Cl)c5)c4s3)CC2)cs1. The molecule has 6 nitrogen and oxygen atoms in total. The lowest BCUT2D eigenvalue weighted by atomic mass is 10.2. The van der Waals surface area contributed by atoms with Crippen LogP contribution in [0.25, 0.3) is 15.9 Å². The van der Waals surface area contributed by atoms with Gasteiger partial charge >= 0.3 is 0 Å². The summed E-state index contributed by atoms with van der Waals surface area (Å²) >= 11 is 9.35. The van der Waals surface area contributed by atoms with Gasteiger partial charge in [-0.25, -0.2) is 9.67 Å². The van der Waals surface area contributed by atoms with Gasteiger partial charge in [-0.3, -0.25) is 9.69 Å². The minimum Gasteiger partial charge on any atom is -0.335 e. The predicted octanol–water partition coefficient (Wildman–Crippen LogP) is 4.77. The number of aryl methyl sites for hydroxylation is 2. The molecule has 1 aromatic carbocycles. The Morgan fingerprint density at radius 3 is 2.68 bits per heavy atom. The molecule has 5 rings (SSSR count). The molecule has 0 spiro atoms. The first kappa shape index (κ1) is 20.6. The van der Waals surface area contributed by atoms with Gasteiger partial charge in [0.2, 0.25) is 0 Å². The van der Waals surface area contributed by atoms with E-state index in [-0.39, 0.29) is 5.91 Å². The fourth-order valence-corrected chi connectivity index (χ4v) is 5.85. The summed E-state index contributed by atoms with van der Waals surface area (Å²) in [6.07, 6.45) is 0. The topological polar surface area (TPSA) is 54.3 Å². The summed E-state index contributed by atoms with van der Waals surface area (Å²) in [6.45, 7) is 8.05. The molecule has 0 aliphatic carbocycles. The van der Waals surface area contributed by atoms with Crippen molar-refractivity contribution in [1.29, 1.82) is 0 Å². The number of thiophene rings is 1. The number of hydrogen-bond donors (Lipinski definition) is 0. The average molecular weight is 472 g/mol. The number of nitrogens with zero attached hydrogens (tertiary/aromatic N) is 5. The van der Waals surface area contributed by atoms with Crippen molar-refractivity contribution in [3.63, 3.8) is 0 Å². The van der Waals surface area contributed by atoms with Gasteiger partial charge in [-0.15, -0.1) is 22.7 Å². The second-order valence-corrected chi connectivity index (χ2v) is 10.3. The Kier molecular flexibility index (Phi) is 5.56. The maximum atomic E-state index is 13.2. The van der Waals surface area contributed by atoms with Crippen molar-refractivity contribution in [1.82, 2.24) is 24.6 Å². The van der Waals surface area contributed by atoms with Gasteiger partial charge in [0.1, 0.15) is 4.83 Å². The van der Waals surface area contributed by atoms with Gasteiger partial charge in [-0.05, 0) is 38.1 Å². The van der Waals surface area contributed by atoms with Crippen LogP contribution in [-0.2, 0) is 6.54 Å². The Bertz CT molecular complexity index is 1250. The maximum absolute atomic E-state index is 13.2. The zero-order valence-corrected chi connectivity index (χ0v) is 19.7. The van der Waals surface area contributed by atoms with Crippen LogP contribution in [0.4, 0.5) is 0 Å². The molecular formula is C22H22ClN5OS2. The first-order valence-corrected chi connectivity index (χ1v) is 12.2. The largest absolute Gasteiger partial charge is 0.335 e. The first-order valence-electron chi connectivity index (χ1n) is 10.2. The molecule has 0 saturated carbocycles. The number of carbonyl (C=O) groups excluding carboxylic acids is 1. The minimum absolute atomic E-state index is 0.0994. The van der Waals surface area contributed by atoms with Crippen molar-refractivity contribution < 1.29 is 4.79 Å². The number of carbonyl (C=O) groups is 1. The molecule has 4 aromatic rings. The highest BCUT2D eigenvalue weighted by Crippen LogP contribution is 2.32. The Balaban J connectivity index is 1.32. The Morgan fingerprint density at radius 2 is 1.97 bits per heavy atom. The molecule has 0 atom stereocenters. The van der Waals surface area contributed by atoms with E-state index < -0.39 is 0 Å². The van der Waals surface area contributed by atoms with Crippen LogP contribution in [0.3, 0.4) is 0 Å². The third-order valence-corrected chi connectivity index (χ3v) is 7.68. The van der Waals surface area contributed by atoms with Crippen LogP contribution in [0.5, 0.6) is 0 Å². The normalized spacial score (nSPS) is 15.1. The lowest BCUT2D eigenvalue weighted by molar-refractivity contribution is 0.0632. The quantitative estimate of drug-likeness (QED) is 0.430. The van der Waals surface area contributed by atoms with Crippen molar-refractivity contribution >= 4 is 50.4 Å². The molecule has 31 heavy (non-hydrogen) atoms. The van der Waals surface area contributed by atoms with Crippen molar-refractivity contribution in [3.8, 4) is 5.69 Å². The summed E-state index contributed by atoms with van der Waals surface area (Å²) < 4.78 is 1.88. The number of thiazole rings is 1. The highest BCUT2D eigenvalue weighted by molar-refractivity contribution is 7.20. The van der Waals surface area contributed by atoms with Crippen molar-refractivity contribution in [3.05, 3.63) is 62.0 Å². The van der Waals surface area contributed by atoms with E-state index in [1.165, 1.54) is 11.3 Å². The molecule has 160 valence electrons. The van der Waals surface area contributed by atoms with Crippen molar-refractivity contribution in [2.75, 3.05) is 26.2 Å². The maximum Gasteiger partial charge on any atom is 0.264 e. The fourth-order valence-electron chi connectivity index (χ4n) is 3.91. The number of halogens is 1. The van der Waals surface area contributed by atoms with Gasteiger partial charge in [0, 0.05) is 48.5 Å². The lowest BCUT2D eigenvalue weighted by Gasteiger charge is -2.34. The molecule has 1 fully saturated rings. The van der Waals surface area contributed by atoms with E-state index in [0.717, 1.165) is 69.9 Å². The van der Waals surface area contributed by atoms with Crippen LogP contribution < -0.4 is 0 Å². The number of fused-ring (bicyclic) bond motifs is 1. The van der Waals surface area contributed by atoms with Crippen molar-refractivity contribution in [2.45, 2.75) is 20.4 Å². The summed E-state index contributed by atoms with van der Waals surface area (Å²) in [4.78, 5) is 23.8. The van der Waals surface area contributed by atoms with E-state index in [0.29, 0.717) is 5.02 Å². The van der Waals surface area contributed by atoms with Gasteiger partial charge in [0.15, 0.2) is 0 Å². The Labute approximate surface area is 193 Å². The molecule has 0 radical (unpaired) electrons. The summed E-state index contributed by atoms with van der Waals surface area (Å²) in [5.74, 6) is 0.0994. The standard InChI is InChI=1S/C22H22ClN5OS2/c1-14-19-11-20(31-22(19)28(25-14)18-5-3-4-16(23)10-18)21(29)27-8-6-26(7-9-27)12-17-13-30-15(2)24-17/h3-5,10-11,13H,6-9,12H2,1-2H3. The molecule has 9 heteroatoms. The number of hydrogen-bond acceptors (Lipinski definition) is 6. The Hall–Kier alpha value is -2.26. The van der Waals surface area contributed by atoms with Crippen LogP contribution in [-0.4, -0.2) is 56.7 Å². The number of amides is 1. The zero-order chi connectivity index (χ0) is 21.5. The Morgan fingerprint density at radius 1 is 1.16 bits per heavy atom. The van der Waals surface area contributed by atoms with Gasteiger partial charge in [0.25, 0.3) is 5.91 Å². The number of rotatable bonds is 4. The summed E-state index contributed by atoms with van der Waals surface area (Å²) in [7, 11) is 0. The first-order chi connectivity index (χ1) is 15.0. The van der Waals surface area contributed by atoms with Crippen LogP contribution in [0.15, 0.2) is 35.7 Å². The van der Waals surface area contributed by atoms with E-state index in [9.17, 15) is 4.79 Å². The van der Waals surface area contributed by atoms with Crippen LogP contribution >= 0.6 is 34.3 Å². The third kappa shape index (κ3) is 4.13. The second kappa shape index (κ2) is 8.35. The molecule has 4 heterocycles. The fraction of sp³-hybridized carbons (Fsp3) is 0.318. The monoisotopic (exact) mass is 471 g/mol. The minimum atomic E-state index is 0.0994. The number of aromatic nitrogens is 3. The molecule has 3 aromatic heterocycles. The summed E-state index contributed by atoms with van der Waals surface area (Å²) in [6, 6.07) is 9.60. The second-order valence-electron chi connectivity index (χ2n) is 7.73. The van der Waals surface area contributed by atoms with Crippen LogP contribution in [0.2, 0.25) is 5.02 Å². The van der Waals surface area contributed by atoms with E-state index in [2.05, 4.69) is 20.4 Å². The lowest BCUT2D eigenvalue weighted by Crippen LogP contribution is -2.48. The van der Waals surface area contributed by atoms with Gasteiger partial charge in [-0.2, -0.15) is 5.10 Å². The van der Waals surface area contributed by atoms with E-state index >= 15 is 0 Å². The van der Waals surface area contributed by atoms with Crippen LogP contribution in [0.1, 0.15) is 26.1 Å². The molecule has 0 N–H and O–H groups in total. The van der Waals surface area contributed by atoms with Gasteiger partial charge in [-0.1, -0.05) is 17.7 Å². The molecular weight excluding hydrogens is 450 g/mol. The third-order valence-electron chi connectivity index (χ3n) is 5.52. The molecule has 1 amide bonds. The predicted molar refractivity (Wildman–Crippen MR) is 127 cm³/mol. The number of piperazine rings is 1. The number of benzene rings is 1. The molecule has 1 aliphatic rings. The van der Waals surface area contributed by atoms with Crippen molar-refractivity contribution in [2.24, 2.45) is 0 Å². The highest BCUT2D eigenvalue weighted by atomic mass is 35.5. The van der Waals surface area contributed by atoms with Gasteiger partial charge < -0.3 is 4.90 Å². The molecule has 1 saturated heterocycles. The van der Waals surface area contributed by atoms with E-state index in [4.69, 9.17) is 11.6 Å². The highest BCUT2D eigenvalue weighted by Gasteiger charge is 2.25. The molecule has 1 aliphatic heterocycles.